The molecule has 5 atom stereocenters. The minimum absolute atomic E-state index is 0.0174. The summed E-state index contributed by atoms with van der Waals surface area (Å²) < 4.78 is 38.7. The van der Waals surface area contributed by atoms with Gasteiger partial charge in [0.2, 0.25) is 27.7 Å². The molecular formula is C36H50N8O8S. The summed E-state index contributed by atoms with van der Waals surface area (Å²) in [4.78, 5) is 58.5. The van der Waals surface area contributed by atoms with Crippen molar-refractivity contribution in [1.82, 2.24) is 40.5 Å². The SMILES string of the molecule is C=C[C@@H]1C[C@]1(NC(=O)[C@@H]1C[C@@H](n2nnc(-c3ccc(OC)cc3)n2)CN1C(=O)[C@@H](NC(=O)OC1(C)CCCCC1)C(C)(C)C)C(=O)NS(=O)(=O)C1CC1. The molecule has 3 saturated carbocycles. The summed E-state index contributed by atoms with van der Waals surface area (Å²) in [6.07, 6.45) is 6.27. The molecule has 3 N–H and O–H groups in total. The number of sulfonamides is 1. The fourth-order valence-corrected chi connectivity index (χ4v) is 8.68. The molecule has 1 aromatic heterocycles. The van der Waals surface area contributed by atoms with Gasteiger partial charge in [0.15, 0.2) is 0 Å². The van der Waals surface area contributed by atoms with E-state index in [4.69, 9.17) is 9.47 Å². The van der Waals surface area contributed by atoms with E-state index in [0.29, 0.717) is 30.0 Å². The largest absolute Gasteiger partial charge is 0.497 e. The van der Waals surface area contributed by atoms with Gasteiger partial charge in [-0.2, -0.15) is 4.80 Å². The van der Waals surface area contributed by atoms with Crippen LogP contribution >= 0.6 is 0 Å². The van der Waals surface area contributed by atoms with Crippen LogP contribution in [0.4, 0.5) is 4.79 Å². The molecule has 6 rings (SSSR count). The lowest BCUT2D eigenvalue weighted by Gasteiger charge is -2.37. The molecule has 53 heavy (non-hydrogen) atoms. The molecule has 4 aliphatic rings. The van der Waals surface area contributed by atoms with E-state index in [1.54, 1.807) is 52.1 Å². The molecule has 288 valence electrons. The molecule has 17 heteroatoms. The van der Waals surface area contributed by atoms with Crippen LogP contribution in [0.5, 0.6) is 5.75 Å². The van der Waals surface area contributed by atoms with Gasteiger partial charge in [0, 0.05) is 24.4 Å². The van der Waals surface area contributed by atoms with Crippen LogP contribution in [0.1, 0.15) is 91.5 Å². The zero-order chi connectivity index (χ0) is 38.3. The van der Waals surface area contributed by atoms with E-state index < -0.39 is 79.7 Å². The van der Waals surface area contributed by atoms with Crippen molar-refractivity contribution >= 4 is 33.8 Å². The summed E-state index contributed by atoms with van der Waals surface area (Å²) >= 11 is 0. The Balaban J connectivity index is 1.27. The van der Waals surface area contributed by atoms with Crippen molar-refractivity contribution < 1.29 is 37.1 Å². The van der Waals surface area contributed by atoms with E-state index in [1.807, 2.05) is 6.92 Å². The average Bonchev–Trinajstić information content (AvgIpc) is 3.99. The minimum atomic E-state index is -3.90. The van der Waals surface area contributed by atoms with E-state index in [2.05, 4.69) is 37.3 Å². The molecule has 0 bridgehead atoms. The third kappa shape index (κ3) is 8.19. The second-order valence-corrected chi connectivity index (χ2v) is 18.0. The maximum absolute atomic E-state index is 14.6. The highest BCUT2D eigenvalue weighted by molar-refractivity contribution is 7.91. The van der Waals surface area contributed by atoms with Crippen molar-refractivity contribution in [2.45, 2.75) is 120 Å². The molecule has 1 saturated heterocycles. The first-order chi connectivity index (χ1) is 25.0. The summed E-state index contributed by atoms with van der Waals surface area (Å²) in [6.45, 7) is 11.1. The van der Waals surface area contributed by atoms with Crippen molar-refractivity contribution in [3.8, 4) is 17.1 Å². The van der Waals surface area contributed by atoms with Gasteiger partial charge in [-0.1, -0.05) is 33.3 Å². The highest BCUT2D eigenvalue weighted by atomic mass is 32.2. The molecule has 3 aliphatic carbocycles. The van der Waals surface area contributed by atoms with Crippen molar-refractivity contribution in [2.24, 2.45) is 11.3 Å². The number of carbonyl (C=O) groups is 4. The van der Waals surface area contributed by atoms with Crippen LogP contribution in [0.15, 0.2) is 36.9 Å². The second-order valence-electron chi connectivity index (χ2n) is 16.1. The van der Waals surface area contributed by atoms with Crippen molar-refractivity contribution in [3.05, 3.63) is 36.9 Å². The third-order valence-corrected chi connectivity index (χ3v) is 12.7. The summed E-state index contributed by atoms with van der Waals surface area (Å²) in [5.41, 5.74) is -2.33. The number of hydrogen-bond donors (Lipinski definition) is 3. The van der Waals surface area contributed by atoms with E-state index >= 15 is 0 Å². The molecule has 4 fully saturated rings. The topological polar surface area (TPSA) is 204 Å². The van der Waals surface area contributed by atoms with Crippen LogP contribution in [-0.4, -0.2) is 99.5 Å². The molecule has 1 aromatic carbocycles. The summed E-state index contributed by atoms with van der Waals surface area (Å²) in [5, 5.41) is 18.0. The van der Waals surface area contributed by atoms with E-state index in [9.17, 15) is 27.6 Å². The Kier molecular flexibility index (Phi) is 10.3. The summed E-state index contributed by atoms with van der Waals surface area (Å²) in [6, 6.07) is 4.25. The number of carbonyl (C=O) groups excluding carboxylic acids is 4. The van der Waals surface area contributed by atoms with Crippen LogP contribution in [-0.2, 0) is 29.1 Å². The first-order valence-corrected chi connectivity index (χ1v) is 19.8. The standard InChI is InChI=1S/C36H50N8O8S/c1-7-23-20-36(23,32(47)41-53(49,50)26-15-16-26)38-30(45)27-19-24(44-40-29(39-42-44)22-11-13-25(51-6)14-12-22)21-43(27)31(46)28(34(2,3)4)37-33(48)52-35(5)17-9-8-10-18-35/h7,11-14,23-24,26-28H,1,8-10,15-21H2,2-6H3,(H,37,48)(H,38,45)(H,41,47)/t23-,24-,27+,28-,36-/m1/s1. The zero-order valence-corrected chi connectivity index (χ0v) is 31.8. The number of benzene rings is 1. The quantitative estimate of drug-likeness (QED) is 0.269. The number of tetrazole rings is 1. The van der Waals surface area contributed by atoms with E-state index in [-0.39, 0.29) is 19.4 Å². The van der Waals surface area contributed by atoms with Crippen LogP contribution < -0.4 is 20.1 Å². The van der Waals surface area contributed by atoms with Crippen LogP contribution in [0, 0.1) is 11.3 Å². The maximum Gasteiger partial charge on any atom is 0.408 e. The number of likely N-dealkylation sites (tertiary alicyclic amines) is 1. The van der Waals surface area contributed by atoms with Gasteiger partial charge in [-0.3, -0.25) is 19.1 Å². The Morgan fingerprint density at radius 2 is 1.75 bits per heavy atom. The monoisotopic (exact) mass is 754 g/mol. The summed E-state index contributed by atoms with van der Waals surface area (Å²) in [5.74, 6) is -1.58. The van der Waals surface area contributed by atoms with Crippen molar-refractivity contribution in [3.63, 3.8) is 0 Å². The molecular weight excluding hydrogens is 705 g/mol. The second kappa shape index (κ2) is 14.4. The molecule has 0 radical (unpaired) electrons. The maximum atomic E-state index is 14.6. The van der Waals surface area contributed by atoms with Gasteiger partial charge in [0.25, 0.3) is 5.91 Å². The molecule has 0 spiro atoms. The van der Waals surface area contributed by atoms with Gasteiger partial charge < -0.3 is 25.0 Å². The number of ether oxygens (including phenoxy) is 2. The first kappa shape index (κ1) is 38.2. The lowest BCUT2D eigenvalue weighted by atomic mass is 9.85. The number of nitrogens with one attached hydrogen (secondary N) is 3. The number of rotatable bonds is 12. The predicted molar refractivity (Wildman–Crippen MR) is 193 cm³/mol. The fraction of sp³-hybridized carbons (Fsp3) is 0.639. The zero-order valence-electron chi connectivity index (χ0n) is 31.0. The van der Waals surface area contributed by atoms with Crippen molar-refractivity contribution in [1.29, 1.82) is 0 Å². The number of nitrogens with zero attached hydrogens (tertiary/aromatic N) is 5. The number of amides is 4. The highest BCUT2D eigenvalue weighted by Gasteiger charge is 2.62. The van der Waals surface area contributed by atoms with Gasteiger partial charge in [-0.05, 0) is 86.8 Å². The highest BCUT2D eigenvalue weighted by Crippen LogP contribution is 2.46. The van der Waals surface area contributed by atoms with Crippen LogP contribution in [0.25, 0.3) is 11.4 Å². The molecule has 2 heterocycles. The number of alkyl carbamates (subject to hydrolysis) is 1. The molecule has 1 aliphatic heterocycles. The number of aromatic nitrogens is 4. The lowest BCUT2D eigenvalue weighted by Crippen LogP contribution is -2.60. The Labute approximate surface area is 309 Å². The van der Waals surface area contributed by atoms with Gasteiger partial charge >= 0.3 is 6.09 Å². The van der Waals surface area contributed by atoms with E-state index in [1.165, 1.54) is 15.8 Å². The molecule has 0 unspecified atom stereocenters. The van der Waals surface area contributed by atoms with Gasteiger partial charge in [-0.15, -0.1) is 16.8 Å². The Morgan fingerprint density at radius 1 is 1.08 bits per heavy atom. The Hall–Kier alpha value is -4.54. The van der Waals surface area contributed by atoms with Crippen molar-refractivity contribution in [2.75, 3.05) is 13.7 Å². The van der Waals surface area contributed by atoms with Crippen LogP contribution in [0.3, 0.4) is 0 Å². The lowest BCUT2D eigenvalue weighted by molar-refractivity contribution is -0.143. The Bertz CT molecular complexity index is 1850. The smallest absolute Gasteiger partial charge is 0.408 e. The third-order valence-electron chi connectivity index (χ3n) is 10.8. The average molecular weight is 755 g/mol. The number of methoxy groups -OCH3 is 1. The predicted octanol–water partition coefficient (Wildman–Crippen LogP) is 3.02. The fourth-order valence-electron chi connectivity index (χ4n) is 7.32. The molecule has 16 nitrogen and oxygen atoms in total. The van der Waals surface area contributed by atoms with Gasteiger partial charge in [0.1, 0.15) is 29.0 Å². The van der Waals surface area contributed by atoms with Crippen LogP contribution in [0.2, 0.25) is 0 Å². The molecule has 2 aromatic rings. The first-order valence-electron chi connectivity index (χ1n) is 18.2. The van der Waals surface area contributed by atoms with Gasteiger partial charge in [0.05, 0.1) is 18.4 Å². The number of hydrogen-bond acceptors (Lipinski definition) is 11. The normalized spacial score (nSPS) is 25.8. The Morgan fingerprint density at radius 3 is 2.34 bits per heavy atom. The minimum Gasteiger partial charge on any atom is -0.497 e. The molecule has 4 amide bonds. The summed E-state index contributed by atoms with van der Waals surface area (Å²) in [7, 11) is -2.34. The van der Waals surface area contributed by atoms with E-state index in [0.717, 1.165) is 32.1 Å². The van der Waals surface area contributed by atoms with Gasteiger partial charge in [-0.25, -0.2) is 13.2 Å².